The Balaban J connectivity index is 2.44. The van der Waals surface area contributed by atoms with Gasteiger partial charge in [0.25, 0.3) is 0 Å². The fraction of sp³-hybridized carbons (Fsp3) is 0.100. The number of nitrogens with zero attached hydrogens (tertiary/aromatic N) is 3. The maximum absolute atomic E-state index is 5.77. The summed E-state index contributed by atoms with van der Waals surface area (Å²) >= 11 is 5.77. The molecule has 2 aromatic rings. The Morgan fingerprint density at radius 1 is 1.20 bits per heavy atom. The number of rotatable bonds is 2. The van der Waals surface area contributed by atoms with E-state index in [0.717, 1.165) is 11.3 Å². The van der Waals surface area contributed by atoms with E-state index in [1.54, 1.807) is 25.4 Å². The van der Waals surface area contributed by atoms with Gasteiger partial charge < -0.3 is 4.74 Å². The summed E-state index contributed by atoms with van der Waals surface area (Å²) in [7, 11) is 1.57. The third-order valence-corrected chi connectivity index (χ3v) is 2.08. The van der Waals surface area contributed by atoms with E-state index in [4.69, 9.17) is 16.3 Å². The van der Waals surface area contributed by atoms with Crippen LogP contribution in [-0.2, 0) is 0 Å². The highest BCUT2D eigenvalue weighted by molar-refractivity contribution is 6.29. The molecule has 0 saturated carbocycles. The minimum Gasteiger partial charge on any atom is -0.481 e. The molecule has 4 nitrogen and oxygen atoms in total. The molecule has 0 aromatic carbocycles. The van der Waals surface area contributed by atoms with E-state index in [1.165, 1.54) is 6.33 Å². The van der Waals surface area contributed by atoms with E-state index in [2.05, 4.69) is 15.0 Å². The van der Waals surface area contributed by atoms with Crippen molar-refractivity contribution >= 4 is 11.6 Å². The van der Waals surface area contributed by atoms with Crippen LogP contribution in [0.3, 0.4) is 0 Å². The standard InChI is InChI=1S/C10H8ClN3O/c1-15-10-4-7(2-3-12-10)8-5-9(11)14-6-13-8/h2-6H,1H3. The minimum atomic E-state index is 0.413. The van der Waals surface area contributed by atoms with Crippen LogP contribution in [0.4, 0.5) is 0 Å². The first kappa shape index (κ1) is 9.86. The first-order chi connectivity index (χ1) is 7.29. The van der Waals surface area contributed by atoms with Crippen LogP contribution in [0.15, 0.2) is 30.7 Å². The lowest BCUT2D eigenvalue weighted by molar-refractivity contribution is 0.398. The molecule has 76 valence electrons. The molecule has 0 amide bonds. The predicted octanol–water partition coefficient (Wildman–Crippen LogP) is 2.20. The maximum atomic E-state index is 5.77. The van der Waals surface area contributed by atoms with Crippen LogP contribution in [-0.4, -0.2) is 22.1 Å². The van der Waals surface area contributed by atoms with Gasteiger partial charge in [-0.1, -0.05) is 11.6 Å². The maximum Gasteiger partial charge on any atom is 0.213 e. The Hall–Kier alpha value is -1.68. The molecule has 0 aliphatic heterocycles. The topological polar surface area (TPSA) is 47.9 Å². The van der Waals surface area contributed by atoms with Crippen LogP contribution in [0.25, 0.3) is 11.3 Å². The monoisotopic (exact) mass is 221 g/mol. The van der Waals surface area contributed by atoms with Gasteiger partial charge in [-0.05, 0) is 6.07 Å². The Morgan fingerprint density at radius 2 is 2.07 bits per heavy atom. The van der Waals surface area contributed by atoms with E-state index in [-0.39, 0.29) is 0 Å². The number of aromatic nitrogens is 3. The molecule has 0 aliphatic rings. The molecule has 0 aliphatic carbocycles. The average Bonchev–Trinajstić information content (AvgIpc) is 2.29. The summed E-state index contributed by atoms with van der Waals surface area (Å²) in [5, 5.41) is 0.413. The summed E-state index contributed by atoms with van der Waals surface area (Å²) in [6, 6.07) is 5.32. The lowest BCUT2D eigenvalue weighted by atomic mass is 10.2. The number of halogens is 1. The quantitative estimate of drug-likeness (QED) is 0.730. The van der Waals surface area contributed by atoms with Crippen LogP contribution in [0.5, 0.6) is 5.88 Å². The van der Waals surface area contributed by atoms with E-state index >= 15 is 0 Å². The van der Waals surface area contributed by atoms with Crippen molar-refractivity contribution in [1.82, 2.24) is 15.0 Å². The van der Waals surface area contributed by atoms with Gasteiger partial charge in [0.05, 0.1) is 12.8 Å². The molecule has 0 saturated heterocycles. The molecule has 2 heterocycles. The van der Waals surface area contributed by atoms with Crippen molar-refractivity contribution in [2.75, 3.05) is 7.11 Å². The molecular formula is C10H8ClN3O. The zero-order valence-corrected chi connectivity index (χ0v) is 8.77. The molecule has 0 bridgehead atoms. The highest BCUT2D eigenvalue weighted by Crippen LogP contribution is 2.21. The summed E-state index contributed by atoms with van der Waals surface area (Å²) in [5.41, 5.74) is 1.64. The molecule has 0 spiro atoms. The average molecular weight is 222 g/mol. The van der Waals surface area contributed by atoms with Gasteiger partial charge in [-0.25, -0.2) is 15.0 Å². The highest BCUT2D eigenvalue weighted by Gasteiger charge is 2.02. The van der Waals surface area contributed by atoms with Gasteiger partial charge in [-0.3, -0.25) is 0 Å². The Morgan fingerprint density at radius 3 is 2.80 bits per heavy atom. The summed E-state index contributed by atoms with van der Waals surface area (Å²) in [5.74, 6) is 0.544. The van der Waals surface area contributed by atoms with E-state index < -0.39 is 0 Å². The van der Waals surface area contributed by atoms with Crippen LogP contribution in [0.1, 0.15) is 0 Å². The molecule has 0 fully saturated rings. The van der Waals surface area contributed by atoms with Crippen LogP contribution in [0, 0.1) is 0 Å². The fourth-order valence-corrected chi connectivity index (χ4v) is 1.32. The second kappa shape index (κ2) is 4.23. The van der Waals surface area contributed by atoms with Gasteiger partial charge in [-0.15, -0.1) is 0 Å². The van der Waals surface area contributed by atoms with Crippen LogP contribution >= 0.6 is 11.6 Å². The van der Waals surface area contributed by atoms with Crippen molar-refractivity contribution in [2.45, 2.75) is 0 Å². The fourth-order valence-electron chi connectivity index (χ4n) is 1.17. The zero-order valence-electron chi connectivity index (χ0n) is 8.01. The smallest absolute Gasteiger partial charge is 0.213 e. The number of ether oxygens (including phenoxy) is 1. The van der Waals surface area contributed by atoms with Crippen LogP contribution in [0.2, 0.25) is 5.15 Å². The number of hydrogen-bond donors (Lipinski definition) is 0. The van der Waals surface area contributed by atoms with Crippen molar-refractivity contribution < 1.29 is 4.74 Å². The molecule has 0 radical (unpaired) electrons. The first-order valence-corrected chi connectivity index (χ1v) is 4.65. The molecule has 5 heteroatoms. The molecule has 0 atom stereocenters. The highest BCUT2D eigenvalue weighted by atomic mass is 35.5. The largest absolute Gasteiger partial charge is 0.481 e. The summed E-state index contributed by atoms with van der Waals surface area (Å²) < 4.78 is 5.02. The van der Waals surface area contributed by atoms with E-state index in [0.29, 0.717) is 11.0 Å². The van der Waals surface area contributed by atoms with Crippen molar-refractivity contribution in [3.05, 3.63) is 35.9 Å². The van der Waals surface area contributed by atoms with Gasteiger partial charge >= 0.3 is 0 Å². The van der Waals surface area contributed by atoms with Gasteiger partial charge in [0.2, 0.25) is 5.88 Å². The van der Waals surface area contributed by atoms with E-state index in [1.807, 2.05) is 6.07 Å². The Labute approximate surface area is 91.9 Å². The van der Waals surface area contributed by atoms with Crippen molar-refractivity contribution in [3.8, 4) is 17.1 Å². The third kappa shape index (κ3) is 2.22. The molecule has 2 aromatic heterocycles. The molecule has 0 N–H and O–H groups in total. The molecule has 15 heavy (non-hydrogen) atoms. The normalized spacial score (nSPS) is 10.0. The lowest BCUT2D eigenvalue weighted by Crippen LogP contribution is -1.89. The lowest BCUT2D eigenvalue weighted by Gasteiger charge is -2.02. The summed E-state index contributed by atoms with van der Waals surface area (Å²) in [6.45, 7) is 0. The zero-order chi connectivity index (χ0) is 10.7. The Bertz CT molecular complexity index is 476. The molecular weight excluding hydrogens is 214 g/mol. The van der Waals surface area contributed by atoms with Crippen LogP contribution < -0.4 is 4.74 Å². The number of methoxy groups -OCH3 is 1. The Kier molecular flexibility index (Phi) is 2.78. The second-order valence-electron chi connectivity index (χ2n) is 2.81. The van der Waals surface area contributed by atoms with E-state index in [9.17, 15) is 0 Å². The second-order valence-corrected chi connectivity index (χ2v) is 3.20. The predicted molar refractivity (Wildman–Crippen MR) is 56.8 cm³/mol. The summed E-state index contributed by atoms with van der Waals surface area (Å²) in [6.07, 6.45) is 3.08. The summed E-state index contributed by atoms with van der Waals surface area (Å²) in [4.78, 5) is 11.9. The van der Waals surface area contributed by atoms with Gasteiger partial charge in [0.15, 0.2) is 0 Å². The minimum absolute atomic E-state index is 0.413. The van der Waals surface area contributed by atoms with Gasteiger partial charge in [-0.2, -0.15) is 0 Å². The SMILES string of the molecule is COc1cc(-c2cc(Cl)ncn2)ccn1. The number of hydrogen-bond acceptors (Lipinski definition) is 4. The van der Waals surface area contributed by atoms with Crippen molar-refractivity contribution in [3.63, 3.8) is 0 Å². The first-order valence-electron chi connectivity index (χ1n) is 4.27. The molecule has 0 unspecified atom stereocenters. The van der Waals surface area contributed by atoms with Crippen molar-refractivity contribution in [1.29, 1.82) is 0 Å². The van der Waals surface area contributed by atoms with Gasteiger partial charge in [0.1, 0.15) is 11.5 Å². The molecule has 2 rings (SSSR count). The third-order valence-electron chi connectivity index (χ3n) is 1.87. The number of pyridine rings is 1. The van der Waals surface area contributed by atoms with Gasteiger partial charge in [0, 0.05) is 23.9 Å². The van der Waals surface area contributed by atoms with Crippen molar-refractivity contribution in [2.24, 2.45) is 0 Å².